The van der Waals surface area contributed by atoms with Crippen LogP contribution in [0, 0.1) is 5.92 Å². The zero-order chi connectivity index (χ0) is 14.2. The number of hydrogen-bond acceptors (Lipinski definition) is 2. The third-order valence-corrected chi connectivity index (χ3v) is 4.33. The van der Waals surface area contributed by atoms with Gasteiger partial charge < -0.3 is 4.90 Å². The van der Waals surface area contributed by atoms with Crippen LogP contribution in [0.25, 0.3) is 0 Å². The second kappa shape index (κ2) is 5.31. The largest absolute Gasteiger partial charge is 0.471 e. The molecule has 3 nitrogen and oxygen atoms in total. The highest BCUT2D eigenvalue weighted by Crippen LogP contribution is 2.41. The van der Waals surface area contributed by atoms with Crippen molar-refractivity contribution in [3.05, 3.63) is 0 Å². The predicted molar refractivity (Wildman–Crippen MR) is 62.8 cm³/mol. The van der Waals surface area contributed by atoms with Gasteiger partial charge in [0.15, 0.2) is 5.78 Å². The Labute approximate surface area is 114 Å². The minimum atomic E-state index is -4.93. The molecule has 2 aliphatic rings. The number of hydrogen-bond donors (Lipinski definition) is 0. The standard InChI is InChI=1S/C12H15ClF3NO2/c13-6-10(18)9-5-7-3-1-2-4-8(7)17(9)11(19)12(14,15)16/h7-9H,1-6H2. The van der Waals surface area contributed by atoms with E-state index in [2.05, 4.69) is 0 Å². The van der Waals surface area contributed by atoms with E-state index < -0.39 is 30.0 Å². The number of carbonyl (C=O) groups excluding carboxylic acids is 2. The van der Waals surface area contributed by atoms with Gasteiger partial charge in [0.05, 0.1) is 11.9 Å². The van der Waals surface area contributed by atoms with Gasteiger partial charge in [-0.2, -0.15) is 13.2 Å². The van der Waals surface area contributed by atoms with Crippen LogP contribution in [0.1, 0.15) is 32.1 Å². The zero-order valence-electron chi connectivity index (χ0n) is 10.3. The average molecular weight is 298 g/mol. The van der Waals surface area contributed by atoms with Crippen molar-refractivity contribution in [2.75, 3.05) is 5.88 Å². The molecule has 2 fully saturated rings. The number of ketones is 1. The summed E-state index contributed by atoms with van der Waals surface area (Å²) in [6.07, 6.45) is -1.56. The molecule has 19 heavy (non-hydrogen) atoms. The smallest absolute Gasteiger partial charge is 0.322 e. The Bertz CT molecular complexity index is 386. The Morgan fingerprint density at radius 3 is 2.42 bits per heavy atom. The van der Waals surface area contributed by atoms with Gasteiger partial charge in [-0.1, -0.05) is 12.8 Å². The lowest BCUT2D eigenvalue weighted by Gasteiger charge is -2.33. The predicted octanol–water partition coefficient (Wildman–Crippen LogP) is 2.52. The summed E-state index contributed by atoms with van der Waals surface area (Å²) in [7, 11) is 0. The molecule has 2 rings (SSSR count). The van der Waals surface area contributed by atoms with Crippen molar-refractivity contribution in [2.45, 2.75) is 50.4 Å². The van der Waals surface area contributed by atoms with E-state index in [4.69, 9.17) is 11.6 Å². The monoisotopic (exact) mass is 297 g/mol. The molecule has 0 radical (unpaired) electrons. The summed E-state index contributed by atoms with van der Waals surface area (Å²) in [6.45, 7) is 0. The van der Waals surface area contributed by atoms with Crippen molar-refractivity contribution < 1.29 is 22.8 Å². The minimum Gasteiger partial charge on any atom is -0.322 e. The summed E-state index contributed by atoms with van der Waals surface area (Å²) in [6, 6.07) is -1.46. The maximum Gasteiger partial charge on any atom is 0.471 e. The molecule has 108 valence electrons. The zero-order valence-corrected chi connectivity index (χ0v) is 11.0. The molecule has 0 bridgehead atoms. The van der Waals surface area contributed by atoms with Crippen LogP contribution >= 0.6 is 11.6 Å². The second-order valence-electron chi connectivity index (χ2n) is 5.17. The molecule has 0 spiro atoms. The van der Waals surface area contributed by atoms with Crippen molar-refractivity contribution in [2.24, 2.45) is 5.92 Å². The summed E-state index contributed by atoms with van der Waals surface area (Å²) in [5.41, 5.74) is 0. The molecule has 1 heterocycles. The molecule has 1 aliphatic carbocycles. The molecule has 0 aromatic carbocycles. The number of Topliss-reactive ketones (excluding diaryl/α,β-unsaturated/α-hetero) is 1. The van der Waals surface area contributed by atoms with Gasteiger partial charge in [-0.25, -0.2) is 0 Å². The molecule has 0 aromatic rings. The van der Waals surface area contributed by atoms with Gasteiger partial charge in [0.1, 0.15) is 0 Å². The first-order valence-corrected chi connectivity index (χ1v) is 6.88. The van der Waals surface area contributed by atoms with Gasteiger partial charge in [-0.05, 0) is 25.2 Å². The van der Waals surface area contributed by atoms with Crippen molar-refractivity contribution in [1.82, 2.24) is 4.90 Å². The molecule has 3 unspecified atom stereocenters. The second-order valence-corrected chi connectivity index (χ2v) is 5.44. The number of halogens is 4. The Morgan fingerprint density at radius 1 is 1.21 bits per heavy atom. The van der Waals surface area contributed by atoms with E-state index in [1.807, 2.05) is 0 Å². The molecule has 1 saturated heterocycles. The summed E-state index contributed by atoms with van der Waals surface area (Å²) >= 11 is 5.44. The third-order valence-electron chi connectivity index (χ3n) is 4.07. The summed E-state index contributed by atoms with van der Waals surface area (Å²) in [5, 5.41) is 0. The van der Waals surface area contributed by atoms with E-state index in [1.54, 1.807) is 0 Å². The molecule has 0 aromatic heterocycles. The highest BCUT2D eigenvalue weighted by atomic mass is 35.5. The van der Waals surface area contributed by atoms with Gasteiger partial charge in [0.25, 0.3) is 0 Å². The quantitative estimate of drug-likeness (QED) is 0.735. The Hall–Kier alpha value is -0.780. The van der Waals surface area contributed by atoms with Crippen molar-refractivity contribution in [3.63, 3.8) is 0 Å². The fraction of sp³-hybridized carbons (Fsp3) is 0.833. The van der Waals surface area contributed by atoms with Gasteiger partial charge in [0.2, 0.25) is 0 Å². The van der Waals surface area contributed by atoms with Crippen molar-refractivity contribution in [1.29, 1.82) is 0 Å². The fourth-order valence-corrected chi connectivity index (χ4v) is 3.45. The maximum atomic E-state index is 12.7. The van der Waals surface area contributed by atoms with Gasteiger partial charge in [0, 0.05) is 6.04 Å². The molecular formula is C12H15ClF3NO2. The van der Waals surface area contributed by atoms with Crippen LogP contribution in [-0.4, -0.2) is 40.7 Å². The summed E-state index contributed by atoms with van der Waals surface area (Å²) < 4.78 is 38.0. The topological polar surface area (TPSA) is 37.4 Å². The Balaban J connectivity index is 2.27. The average Bonchev–Trinajstić information content (AvgIpc) is 2.74. The first kappa shape index (κ1) is 14.6. The number of rotatable bonds is 2. The van der Waals surface area contributed by atoms with E-state index in [0.717, 1.165) is 24.2 Å². The van der Waals surface area contributed by atoms with Crippen LogP contribution in [0.3, 0.4) is 0 Å². The van der Waals surface area contributed by atoms with Crippen molar-refractivity contribution >= 4 is 23.3 Å². The number of fused-ring (bicyclic) bond motifs is 1. The van der Waals surface area contributed by atoms with E-state index >= 15 is 0 Å². The number of carbonyl (C=O) groups is 2. The molecule has 1 amide bonds. The Kier molecular flexibility index (Phi) is 4.08. The van der Waals surface area contributed by atoms with E-state index in [9.17, 15) is 22.8 Å². The summed E-state index contributed by atoms with van der Waals surface area (Å²) in [4.78, 5) is 24.0. The van der Waals surface area contributed by atoms with Crippen LogP contribution in [0.4, 0.5) is 13.2 Å². The first-order chi connectivity index (χ1) is 8.86. The van der Waals surface area contributed by atoms with Crippen LogP contribution in [0.15, 0.2) is 0 Å². The number of likely N-dealkylation sites (tertiary alicyclic amines) is 1. The highest BCUT2D eigenvalue weighted by Gasteiger charge is 2.54. The van der Waals surface area contributed by atoms with E-state index in [0.29, 0.717) is 12.8 Å². The van der Waals surface area contributed by atoms with Crippen LogP contribution < -0.4 is 0 Å². The molecular weight excluding hydrogens is 283 g/mol. The highest BCUT2D eigenvalue weighted by molar-refractivity contribution is 6.28. The lowest BCUT2D eigenvalue weighted by Crippen LogP contribution is -2.51. The number of amides is 1. The fourth-order valence-electron chi connectivity index (χ4n) is 3.27. The minimum absolute atomic E-state index is 0.00258. The van der Waals surface area contributed by atoms with Gasteiger partial charge in [-0.15, -0.1) is 11.6 Å². The lowest BCUT2D eigenvalue weighted by molar-refractivity contribution is -0.189. The molecule has 0 N–H and O–H groups in total. The van der Waals surface area contributed by atoms with Crippen molar-refractivity contribution in [3.8, 4) is 0 Å². The maximum absolute atomic E-state index is 12.7. The normalized spacial score (nSPS) is 31.2. The van der Waals surface area contributed by atoms with Crippen LogP contribution in [0.2, 0.25) is 0 Å². The first-order valence-electron chi connectivity index (χ1n) is 6.34. The van der Waals surface area contributed by atoms with E-state index in [-0.39, 0.29) is 11.8 Å². The SMILES string of the molecule is O=C(CCl)C1CC2CCCCC2N1C(=O)C(F)(F)F. The number of nitrogens with zero attached hydrogens (tertiary/aromatic N) is 1. The van der Waals surface area contributed by atoms with Gasteiger partial charge in [-0.3, -0.25) is 9.59 Å². The summed E-state index contributed by atoms with van der Waals surface area (Å²) in [5.74, 6) is -2.75. The van der Waals surface area contributed by atoms with Crippen LogP contribution in [0.5, 0.6) is 0 Å². The van der Waals surface area contributed by atoms with E-state index in [1.165, 1.54) is 0 Å². The van der Waals surface area contributed by atoms with Gasteiger partial charge >= 0.3 is 12.1 Å². The molecule has 1 saturated carbocycles. The molecule has 3 atom stereocenters. The molecule has 7 heteroatoms. The lowest BCUT2D eigenvalue weighted by atomic mass is 9.84. The number of alkyl halides is 4. The van der Waals surface area contributed by atoms with Crippen LogP contribution in [-0.2, 0) is 9.59 Å². The third kappa shape index (κ3) is 2.73. The Morgan fingerprint density at radius 2 is 1.84 bits per heavy atom. The molecule has 1 aliphatic heterocycles.